The summed E-state index contributed by atoms with van der Waals surface area (Å²) in [5, 5.41) is 3.15. The molecular weight excluding hydrogens is 379 g/mol. The van der Waals surface area contributed by atoms with Gasteiger partial charge in [0, 0.05) is 11.6 Å². The topological polar surface area (TPSA) is 92.8 Å². The van der Waals surface area contributed by atoms with E-state index in [1.807, 2.05) is 0 Å². The van der Waals surface area contributed by atoms with Crippen molar-refractivity contribution in [1.29, 1.82) is 0 Å². The van der Waals surface area contributed by atoms with Gasteiger partial charge >= 0.3 is 5.97 Å². The molecule has 1 atom stereocenters. The lowest BCUT2D eigenvalue weighted by Crippen LogP contribution is -2.41. The van der Waals surface area contributed by atoms with Crippen molar-refractivity contribution in [3.63, 3.8) is 0 Å². The van der Waals surface area contributed by atoms with Crippen molar-refractivity contribution in [2.45, 2.75) is 18.9 Å². The highest BCUT2D eigenvalue weighted by molar-refractivity contribution is 7.88. The van der Waals surface area contributed by atoms with Gasteiger partial charge in [-0.3, -0.25) is 9.59 Å². The van der Waals surface area contributed by atoms with Gasteiger partial charge in [0.15, 0.2) is 6.61 Å². The van der Waals surface area contributed by atoms with Crippen LogP contribution in [-0.4, -0.2) is 50.0 Å². The van der Waals surface area contributed by atoms with E-state index in [1.54, 1.807) is 6.07 Å². The molecule has 1 unspecified atom stereocenters. The molecule has 2 rings (SSSR count). The molecule has 24 heavy (non-hydrogen) atoms. The Hall–Kier alpha value is -1.35. The van der Waals surface area contributed by atoms with Crippen molar-refractivity contribution in [2.24, 2.45) is 0 Å². The van der Waals surface area contributed by atoms with Gasteiger partial charge in [0.25, 0.3) is 5.91 Å². The molecule has 132 valence electrons. The van der Waals surface area contributed by atoms with Gasteiger partial charge in [-0.05, 0) is 31.0 Å². The number of carbonyl (C=O) groups is 2. The number of benzene rings is 1. The zero-order valence-corrected chi connectivity index (χ0v) is 15.1. The van der Waals surface area contributed by atoms with Crippen LogP contribution in [0, 0.1) is 0 Å². The summed E-state index contributed by atoms with van der Waals surface area (Å²) in [4.78, 5) is 23.9. The van der Waals surface area contributed by atoms with Crippen LogP contribution in [0.25, 0.3) is 0 Å². The Bertz CT molecular complexity index is 754. The molecule has 1 fully saturated rings. The van der Waals surface area contributed by atoms with E-state index in [0.29, 0.717) is 23.6 Å². The number of nitrogens with one attached hydrogen (secondary N) is 1. The number of hydrogen-bond acceptors (Lipinski definition) is 5. The van der Waals surface area contributed by atoms with Gasteiger partial charge in [0.2, 0.25) is 10.0 Å². The Morgan fingerprint density at radius 3 is 2.75 bits per heavy atom. The minimum atomic E-state index is -3.49. The van der Waals surface area contributed by atoms with Crippen LogP contribution in [0.2, 0.25) is 10.0 Å². The van der Waals surface area contributed by atoms with Crippen molar-refractivity contribution in [2.75, 3.05) is 24.7 Å². The molecule has 7 nitrogen and oxygen atoms in total. The summed E-state index contributed by atoms with van der Waals surface area (Å²) < 4.78 is 29.2. The van der Waals surface area contributed by atoms with Gasteiger partial charge in [-0.15, -0.1) is 0 Å². The maximum atomic E-state index is 12.0. The Labute approximate surface area is 149 Å². The number of amides is 1. The largest absolute Gasteiger partial charge is 0.454 e. The molecule has 1 aliphatic heterocycles. The maximum absolute atomic E-state index is 12.0. The van der Waals surface area contributed by atoms with Gasteiger partial charge in [0.05, 0.1) is 17.0 Å². The van der Waals surface area contributed by atoms with Crippen LogP contribution in [0.3, 0.4) is 0 Å². The smallest absolute Gasteiger partial charge is 0.324 e. The van der Waals surface area contributed by atoms with E-state index in [1.165, 1.54) is 12.1 Å². The van der Waals surface area contributed by atoms with Crippen LogP contribution in [0.1, 0.15) is 12.8 Å². The molecule has 1 aliphatic rings. The molecule has 0 radical (unpaired) electrons. The lowest BCUT2D eigenvalue weighted by molar-refractivity contribution is -0.150. The summed E-state index contributed by atoms with van der Waals surface area (Å²) in [5.74, 6) is -1.35. The third-order valence-electron chi connectivity index (χ3n) is 3.45. The number of sulfonamides is 1. The van der Waals surface area contributed by atoms with E-state index in [9.17, 15) is 18.0 Å². The summed E-state index contributed by atoms with van der Waals surface area (Å²) in [7, 11) is -3.49. The third-order valence-corrected chi connectivity index (χ3v) is 5.30. The maximum Gasteiger partial charge on any atom is 0.324 e. The number of halogens is 2. The lowest BCUT2D eigenvalue weighted by atomic mass is 10.2. The van der Waals surface area contributed by atoms with Crippen LogP contribution >= 0.6 is 23.2 Å². The molecular formula is C14H16Cl2N2O5S. The fourth-order valence-electron chi connectivity index (χ4n) is 2.39. The first-order valence-corrected chi connectivity index (χ1v) is 9.67. The molecule has 0 aliphatic carbocycles. The Morgan fingerprint density at radius 2 is 2.08 bits per heavy atom. The van der Waals surface area contributed by atoms with E-state index in [-0.39, 0.29) is 11.6 Å². The monoisotopic (exact) mass is 394 g/mol. The number of esters is 1. The molecule has 1 aromatic rings. The number of ether oxygens (including phenoxy) is 1. The van der Waals surface area contributed by atoms with Crippen LogP contribution in [0.4, 0.5) is 5.69 Å². The van der Waals surface area contributed by atoms with E-state index in [0.717, 1.165) is 10.6 Å². The van der Waals surface area contributed by atoms with Gasteiger partial charge in [-0.2, -0.15) is 4.31 Å². The average Bonchev–Trinajstić information content (AvgIpc) is 2.98. The first-order valence-electron chi connectivity index (χ1n) is 7.07. The average molecular weight is 395 g/mol. The molecule has 1 N–H and O–H groups in total. The van der Waals surface area contributed by atoms with Crippen molar-refractivity contribution in [1.82, 2.24) is 4.31 Å². The van der Waals surface area contributed by atoms with E-state index >= 15 is 0 Å². The van der Waals surface area contributed by atoms with Crippen molar-refractivity contribution < 1.29 is 22.7 Å². The molecule has 1 amide bonds. The fourth-order valence-corrected chi connectivity index (χ4v) is 3.84. The molecule has 1 aromatic carbocycles. The van der Waals surface area contributed by atoms with E-state index in [4.69, 9.17) is 27.9 Å². The Kier molecular flexibility index (Phi) is 6.08. The second kappa shape index (κ2) is 7.69. The van der Waals surface area contributed by atoms with Gasteiger partial charge in [-0.25, -0.2) is 8.42 Å². The van der Waals surface area contributed by atoms with E-state index < -0.39 is 34.5 Å². The molecule has 0 spiro atoms. The quantitative estimate of drug-likeness (QED) is 0.769. The van der Waals surface area contributed by atoms with Crippen molar-refractivity contribution in [3.8, 4) is 0 Å². The molecule has 0 aromatic heterocycles. The molecule has 1 saturated heterocycles. The zero-order chi connectivity index (χ0) is 17.9. The van der Waals surface area contributed by atoms with Gasteiger partial charge < -0.3 is 10.1 Å². The predicted octanol–water partition coefficient (Wildman–Crippen LogP) is 1.90. The minimum Gasteiger partial charge on any atom is -0.454 e. The van der Waals surface area contributed by atoms with Gasteiger partial charge in [0.1, 0.15) is 6.04 Å². The fraction of sp³-hybridized carbons (Fsp3) is 0.429. The summed E-state index contributed by atoms with van der Waals surface area (Å²) in [6.45, 7) is -0.279. The molecule has 10 heteroatoms. The van der Waals surface area contributed by atoms with Crippen LogP contribution < -0.4 is 5.32 Å². The first-order chi connectivity index (χ1) is 11.2. The predicted molar refractivity (Wildman–Crippen MR) is 90.6 cm³/mol. The van der Waals surface area contributed by atoms with Crippen LogP contribution in [-0.2, 0) is 24.3 Å². The van der Waals surface area contributed by atoms with Crippen LogP contribution in [0.5, 0.6) is 0 Å². The summed E-state index contributed by atoms with van der Waals surface area (Å²) in [6, 6.07) is 3.67. The second-order valence-corrected chi connectivity index (χ2v) is 8.09. The standard InChI is InChI=1S/C14H16Cl2N2O5S/c1-24(21,22)18-6-2-3-12(18)14(20)23-8-13(19)17-11-7-9(15)4-5-10(11)16/h4-5,7,12H,2-3,6,8H2,1H3,(H,17,19). The second-order valence-electron chi connectivity index (χ2n) is 5.31. The number of nitrogens with zero attached hydrogens (tertiary/aromatic N) is 1. The van der Waals surface area contributed by atoms with Gasteiger partial charge in [-0.1, -0.05) is 23.2 Å². The summed E-state index contributed by atoms with van der Waals surface area (Å²) >= 11 is 11.7. The summed E-state index contributed by atoms with van der Waals surface area (Å²) in [5.41, 5.74) is 0.295. The lowest BCUT2D eigenvalue weighted by Gasteiger charge is -2.20. The first kappa shape index (κ1) is 19.0. The zero-order valence-electron chi connectivity index (χ0n) is 12.8. The molecule has 0 bridgehead atoms. The summed E-state index contributed by atoms with van der Waals surface area (Å²) in [6.07, 6.45) is 1.97. The van der Waals surface area contributed by atoms with Crippen LogP contribution in [0.15, 0.2) is 18.2 Å². The van der Waals surface area contributed by atoms with E-state index in [2.05, 4.69) is 5.32 Å². The highest BCUT2D eigenvalue weighted by atomic mass is 35.5. The molecule has 0 saturated carbocycles. The highest BCUT2D eigenvalue weighted by Crippen LogP contribution is 2.25. The SMILES string of the molecule is CS(=O)(=O)N1CCCC1C(=O)OCC(=O)Nc1cc(Cl)ccc1Cl. The normalized spacial score (nSPS) is 18.4. The number of rotatable bonds is 5. The number of carbonyl (C=O) groups excluding carboxylic acids is 2. The number of hydrogen-bond donors (Lipinski definition) is 1. The Morgan fingerprint density at radius 1 is 1.38 bits per heavy atom. The van der Waals surface area contributed by atoms with Crippen molar-refractivity contribution >= 4 is 50.8 Å². The number of anilines is 1. The Balaban J connectivity index is 1.92. The minimum absolute atomic E-state index is 0.267. The highest BCUT2D eigenvalue weighted by Gasteiger charge is 2.37. The third kappa shape index (κ3) is 4.83. The van der Waals surface area contributed by atoms with Crippen molar-refractivity contribution in [3.05, 3.63) is 28.2 Å². The molecule has 1 heterocycles.